The minimum absolute atomic E-state index is 0.149. The van der Waals surface area contributed by atoms with Crippen molar-refractivity contribution in [3.8, 4) is 11.1 Å². The molecular formula is C29H32Cl2F3N3O3. The smallest absolute Gasteiger partial charge is 0.381 e. The summed E-state index contributed by atoms with van der Waals surface area (Å²) in [6.07, 6.45) is -1.24. The van der Waals surface area contributed by atoms with Crippen molar-refractivity contribution in [1.29, 1.82) is 0 Å². The first-order valence-corrected chi connectivity index (χ1v) is 14.4. The van der Waals surface area contributed by atoms with Crippen LogP contribution < -0.4 is 0 Å². The number of alkyl halides is 3. The minimum Gasteiger partial charge on any atom is -0.381 e. The standard InChI is InChI=1S/C29H32Cl2F3N3O3/c30-25-16-22(17-26(31)24(25)15-21-5-8-37(28(21)39)23-6-13-40-14-7-23)19-1-3-20(4-2-19)27(38)36-11-9-35(10-12-36)18-29(32,33)34/h1-4,16-17,21,23H,5-15,18H2. The van der Waals surface area contributed by atoms with Gasteiger partial charge in [-0.15, -0.1) is 0 Å². The Labute approximate surface area is 241 Å². The molecule has 216 valence electrons. The highest BCUT2D eigenvalue weighted by Gasteiger charge is 2.37. The van der Waals surface area contributed by atoms with Crippen LogP contribution in [0.1, 0.15) is 35.2 Å². The molecule has 1 unspecified atom stereocenters. The third-order valence-electron chi connectivity index (χ3n) is 8.10. The highest BCUT2D eigenvalue weighted by Crippen LogP contribution is 2.36. The minimum atomic E-state index is -4.24. The quantitative estimate of drug-likeness (QED) is 0.438. The summed E-state index contributed by atoms with van der Waals surface area (Å²) < 4.78 is 43.3. The maximum atomic E-state index is 13.1. The van der Waals surface area contributed by atoms with Gasteiger partial charge in [0.25, 0.3) is 5.91 Å². The number of nitrogens with zero attached hydrogens (tertiary/aromatic N) is 3. The molecule has 3 saturated heterocycles. The van der Waals surface area contributed by atoms with E-state index in [1.165, 1.54) is 4.90 Å². The summed E-state index contributed by atoms with van der Waals surface area (Å²) >= 11 is 13.3. The van der Waals surface area contributed by atoms with Crippen LogP contribution in [0.3, 0.4) is 0 Å². The van der Waals surface area contributed by atoms with Gasteiger partial charge in [-0.1, -0.05) is 35.3 Å². The molecule has 0 aromatic heterocycles. The van der Waals surface area contributed by atoms with Gasteiger partial charge in [0.15, 0.2) is 0 Å². The van der Waals surface area contributed by atoms with Gasteiger partial charge in [-0.05, 0) is 66.6 Å². The third-order valence-corrected chi connectivity index (χ3v) is 8.78. The highest BCUT2D eigenvalue weighted by atomic mass is 35.5. The molecule has 3 heterocycles. The van der Waals surface area contributed by atoms with E-state index in [1.807, 2.05) is 17.0 Å². The number of rotatable bonds is 6. The summed E-state index contributed by atoms with van der Waals surface area (Å²) in [5.41, 5.74) is 2.84. The van der Waals surface area contributed by atoms with Crippen LogP contribution in [0.5, 0.6) is 0 Å². The summed E-state index contributed by atoms with van der Waals surface area (Å²) in [5, 5.41) is 0.994. The molecule has 2 amide bonds. The molecule has 2 aromatic carbocycles. The molecule has 3 aliphatic heterocycles. The molecule has 0 aliphatic carbocycles. The lowest BCUT2D eigenvalue weighted by Crippen LogP contribution is -2.50. The second-order valence-electron chi connectivity index (χ2n) is 10.7. The molecule has 11 heteroatoms. The number of halogens is 5. The number of likely N-dealkylation sites (tertiary alicyclic amines) is 1. The van der Waals surface area contributed by atoms with Crippen molar-refractivity contribution in [2.24, 2.45) is 5.92 Å². The van der Waals surface area contributed by atoms with E-state index in [2.05, 4.69) is 0 Å². The molecule has 0 bridgehead atoms. The van der Waals surface area contributed by atoms with Crippen molar-refractivity contribution in [3.05, 3.63) is 57.6 Å². The number of benzene rings is 2. The van der Waals surface area contributed by atoms with Gasteiger partial charge in [-0.3, -0.25) is 14.5 Å². The average molecular weight is 598 g/mol. The molecule has 1 atom stereocenters. The summed E-state index contributed by atoms with van der Waals surface area (Å²) in [7, 11) is 0. The monoisotopic (exact) mass is 597 g/mol. The topological polar surface area (TPSA) is 53.1 Å². The lowest BCUT2D eigenvalue weighted by Gasteiger charge is -2.35. The molecule has 0 radical (unpaired) electrons. The lowest BCUT2D eigenvalue weighted by atomic mass is 9.95. The van der Waals surface area contributed by atoms with E-state index in [9.17, 15) is 22.8 Å². The Morgan fingerprint density at radius 3 is 2.12 bits per heavy atom. The molecular weight excluding hydrogens is 566 g/mol. The predicted molar refractivity (Wildman–Crippen MR) is 148 cm³/mol. The van der Waals surface area contributed by atoms with Crippen molar-refractivity contribution in [1.82, 2.24) is 14.7 Å². The van der Waals surface area contributed by atoms with Crippen LogP contribution in [0.25, 0.3) is 11.1 Å². The third kappa shape index (κ3) is 6.75. The lowest BCUT2D eigenvalue weighted by molar-refractivity contribution is -0.148. The van der Waals surface area contributed by atoms with Gasteiger partial charge >= 0.3 is 6.18 Å². The van der Waals surface area contributed by atoms with Crippen molar-refractivity contribution in [3.63, 3.8) is 0 Å². The number of ether oxygens (including phenoxy) is 1. The Morgan fingerprint density at radius 1 is 0.900 bits per heavy atom. The van der Waals surface area contributed by atoms with Crippen LogP contribution >= 0.6 is 23.2 Å². The first-order valence-electron chi connectivity index (χ1n) is 13.6. The molecule has 40 heavy (non-hydrogen) atoms. The molecule has 6 nitrogen and oxygen atoms in total. The predicted octanol–water partition coefficient (Wildman–Crippen LogP) is 5.55. The van der Waals surface area contributed by atoms with Crippen molar-refractivity contribution in [2.75, 3.05) is 52.5 Å². The number of hydrogen-bond acceptors (Lipinski definition) is 4. The molecule has 2 aromatic rings. The Balaban J connectivity index is 1.21. The second-order valence-corrected chi connectivity index (χ2v) is 11.6. The normalized spacial score (nSPS) is 21.3. The van der Waals surface area contributed by atoms with E-state index in [1.54, 1.807) is 29.2 Å². The van der Waals surface area contributed by atoms with Crippen LogP contribution in [0.15, 0.2) is 36.4 Å². The zero-order valence-corrected chi connectivity index (χ0v) is 23.6. The number of amides is 2. The maximum absolute atomic E-state index is 13.1. The summed E-state index contributed by atoms with van der Waals surface area (Å²) in [6.45, 7) is 2.04. The fourth-order valence-electron chi connectivity index (χ4n) is 5.87. The van der Waals surface area contributed by atoms with E-state index >= 15 is 0 Å². The highest BCUT2D eigenvalue weighted by molar-refractivity contribution is 6.36. The number of hydrogen-bond donors (Lipinski definition) is 0. The molecule has 0 N–H and O–H groups in total. The van der Waals surface area contributed by atoms with E-state index < -0.39 is 12.7 Å². The summed E-state index contributed by atoms with van der Waals surface area (Å²) in [4.78, 5) is 30.9. The van der Waals surface area contributed by atoms with Gasteiger partial charge in [0.1, 0.15) is 0 Å². The molecule has 5 rings (SSSR count). The fourth-order valence-corrected chi connectivity index (χ4v) is 6.51. The van der Waals surface area contributed by atoms with Crippen molar-refractivity contribution < 1.29 is 27.5 Å². The number of piperazine rings is 1. The Hall–Kier alpha value is -2.33. The van der Waals surface area contributed by atoms with Gasteiger partial charge in [0, 0.05) is 73.5 Å². The zero-order valence-electron chi connectivity index (χ0n) is 22.1. The van der Waals surface area contributed by atoms with Gasteiger partial charge in [0.05, 0.1) is 6.54 Å². The van der Waals surface area contributed by atoms with Crippen LogP contribution in [-0.4, -0.2) is 91.2 Å². The van der Waals surface area contributed by atoms with E-state index in [4.69, 9.17) is 27.9 Å². The van der Waals surface area contributed by atoms with Crippen LogP contribution in [-0.2, 0) is 16.0 Å². The van der Waals surface area contributed by atoms with Gasteiger partial charge in [-0.2, -0.15) is 13.2 Å². The van der Waals surface area contributed by atoms with Gasteiger partial charge < -0.3 is 14.5 Å². The fraction of sp³-hybridized carbons (Fsp3) is 0.517. The van der Waals surface area contributed by atoms with Crippen LogP contribution in [0, 0.1) is 5.92 Å². The van der Waals surface area contributed by atoms with Gasteiger partial charge in [-0.25, -0.2) is 0 Å². The Morgan fingerprint density at radius 2 is 1.52 bits per heavy atom. The van der Waals surface area contributed by atoms with E-state index in [-0.39, 0.29) is 50.0 Å². The van der Waals surface area contributed by atoms with Gasteiger partial charge in [0.2, 0.25) is 5.91 Å². The van der Waals surface area contributed by atoms with E-state index in [0.717, 1.165) is 42.5 Å². The SMILES string of the molecule is O=C(c1ccc(-c2cc(Cl)c(CC3CCN(C4CCOCC4)C3=O)c(Cl)c2)cc1)N1CCN(CC(F)(F)F)CC1. The van der Waals surface area contributed by atoms with Crippen molar-refractivity contribution >= 4 is 35.0 Å². The first kappa shape index (κ1) is 29.2. The molecule has 0 saturated carbocycles. The summed E-state index contributed by atoms with van der Waals surface area (Å²) in [5.74, 6) is -0.199. The Kier molecular flexibility index (Phi) is 8.95. The first-order chi connectivity index (χ1) is 19.1. The summed E-state index contributed by atoms with van der Waals surface area (Å²) in [6, 6.07) is 10.9. The van der Waals surface area contributed by atoms with E-state index in [0.29, 0.717) is 35.2 Å². The largest absolute Gasteiger partial charge is 0.401 e. The van der Waals surface area contributed by atoms with Crippen LogP contribution in [0.4, 0.5) is 13.2 Å². The van der Waals surface area contributed by atoms with Crippen molar-refractivity contribution in [2.45, 2.75) is 37.9 Å². The maximum Gasteiger partial charge on any atom is 0.401 e. The number of carbonyl (C=O) groups excluding carboxylic acids is 2. The molecule has 3 fully saturated rings. The average Bonchev–Trinajstić information content (AvgIpc) is 3.30. The zero-order chi connectivity index (χ0) is 28.4. The van der Waals surface area contributed by atoms with Crippen LogP contribution in [0.2, 0.25) is 10.0 Å². The Bertz CT molecular complexity index is 1200. The second kappa shape index (κ2) is 12.3. The molecule has 0 spiro atoms. The number of carbonyl (C=O) groups is 2. The molecule has 3 aliphatic rings.